The molecule has 3 rings (SSSR count). The second kappa shape index (κ2) is 11.8. The lowest BCUT2D eigenvalue weighted by Crippen LogP contribution is -2.28. The first-order chi connectivity index (χ1) is 17.1. The smallest absolute Gasteiger partial charge is 0.404 e. The van der Waals surface area contributed by atoms with Gasteiger partial charge in [-0.2, -0.15) is 18.3 Å². The molecule has 2 aromatic heterocycles. The normalized spacial score (nSPS) is 16.9. The fourth-order valence-electron chi connectivity index (χ4n) is 3.32. The Bertz CT molecular complexity index is 1220. The molecule has 1 aliphatic heterocycles. The van der Waals surface area contributed by atoms with Crippen LogP contribution in [0.5, 0.6) is 0 Å². The number of nitrogens with two attached hydrogens (primary N) is 1. The van der Waals surface area contributed by atoms with Crippen LogP contribution < -0.4 is 16.5 Å². The van der Waals surface area contributed by atoms with Gasteiger partial charge in [-0.1, -0.05) is 18.2 Å². The molecule has 2 aromatic rings. The van der Waals surface area contributed by atoms with Crippen molar-refractivity contribution in [3.05, 3.63) is 64.9 Å². The third-order valence-electron chi connectivity index (χ3n) is 5.06. The lowest BCUT2D eigenvalue weighted by Gasteiger charge is -2.18. The molecular weight excluding hydrogens is 497 g/mol. The number of ether oxygens (including phenoxy) is 1. The summed E-state index contributed by atoms with van der Waals surface area (Å²) in [5.74, 6) is 0.188. The van der Waals surface area contributed by atoms with Crippen molar-refractivity contribution in [1.82, 2.24) is 9.97 Å². The summed E-state index contributed by atoms with van der Waals surface area (Å²) in [6, 6.07) is 2.92. The number of pyridine rings is 2. The predicted octanol–water partition coefficient (Wildman–Crippen LogP) is 5.44. The zero-order chi connectivity index (χ0) is 26.3. The molecule has 190 valence electrons. The Balaban J connectivity index is 1.90. The highest BCUT2D eigenvalue weighted by atomic mass is 35.5. The van der Waals surface area contributed by atoms with E-state index in [1.54, 1.807) is 6.92 Å². The number of rotatable bonds is 9. The van der Waals surface area contributed by atoms with Crippen molar-refractivity contribution >= 4 is 46.9 Å². The van der Waals surface area contributed by atoms with Crippen LogP contribution in [0.4, 0.5) is 30.4 Å². The van der Waals surface area contributed by atoms with E-state index in [4.69, 9.17) is 27.5 Å². The minimum absolute atomic E-state index is 0.0978. The number of halogens is 4. The van der Waals surface area contributed by atoms with E-state index in [-0.39, 0.29) is 34.0 Å². The number of hydrogen-bond acceptors (Lipinski definition) is 9. The van der Waals surface area contributed by atoms with Gasteiger partial charge in [0.2, 0.25) is 0 Å². The SMILES string of the molecule is C=C(Nc1cnc(N/N=C\C=N)c(Cl)c1)C(=CN)C(=Nc1cc(C2CCCO2)ncc1C)C(F)(F)F. The number of nitrogens with zero attached hydrogens (tertiary/aromatic N) is 4. The van der Waals surface area contributed by atoms with Gasteiger partial charge in [0.05, 0.1) is 40.6 Å². The third kappa shape index (κ3) is 6.67. The topological polar surface area (TPSA) is 134 Å². The van der Waals surface area contributed by atoms with Crippen molar-refractivity contribution in [2.45, 2.75) is 32.0 Å². The standard InChI is InChI=1S/C23H24ClF3N8O/c1-13-11-30-19(20-4-3-7-36-20)9-18(13)34-21(23(25,26)27)16(10-29)14(2)33-15-8-17(24)22(31-12-15)35-32-6-5-28/h5-6,8-12,20,28,33H,2-4,7,29H2,1H3,(H,31,35)/b16-10?,28-5?,32-6-,34-21?. The average molecular weight is 521 g/mol. The van der Waals surface area contributed by atoms with Crippen LogP contribution in [-0.4, -0.2) is 40.9 Å². The van der Waals surface area contributed by atoms with Crippen LogP contribution >= 0.6 is 11.6 Å². The maximum atomic E-state index is 14.1. The first-order valence-corrected chi connectivity index (χ1v) is 11.1. The molecule has 0 radical (unpaired) electrons. The number of hydrazone groups is 1. The van der Waals surface area contributed by atoms with E-state index in [0.29, 0.717) is 17.9 Å². The van der Waals surface area contributed by atoms with E-state index in [9.17, 15) is 13.2 Å². The summed E-state index contributed by atoms with van der Waals surface area (Å²) >= 11 is 6.15. The molecule has 0 aromatic carbocycles. The zero-order valence-electron chi connectivity index (χ0n) is 19.2. The fourth-order valence-corrected chi connectivity index (χ4v) is 3.53. The minimum Gasteiger partial charge on any atom is -0.404 e. The van der Waals surface area contributed by atoms with Crippen LogP contribution in [0.15, 0.2) is 58.7 Å². The van der Waals surface area contributed by atoms with Crippen LogP contribution in [0.2, 0.25) is 5.02 Å². The lowest BCUT2D eigenvalue weighted by atomic mass is 10.1. The van der Waals surface area contributed by atoms with Crippen LogP contribution in [0.1, 0.15) is 30.2 Å². The van der Waals surface area contributed by atoms with E-state index in [1.165, 1.54) is 30.7 Å². The number of nitrogens with one attached hydrogen (secondary N) is 3. The van der Waals surface area contributed by atoms with Crippen molar-refractivity contribution < 1.29 is 17.9 Å². The molecule has 1 saturated heterocycles. The molecule has 0 bridgehead atoms. The number of aryl methyl sites for hydroxylation is 1. The summed E-state index contributed by atoms with van der Waals surface area (Å²) in [6.07, 6.45) is 2.18. The summed E-state index contributed by atoms with van der Waals surface area (Å²) in [7, 11) is 0. The maximum Gasteiger partial charge on any atom is 0.434 e. The highest BCUT2D eigenvalue weighted by molar-refractivity contribution is 6.33. The molecule has 1 atom stereocenters. The summed E-state index contributed by atoms with van der Waals surface area (Å²) in [5, 5.41) is 13.5. The zero-order valence-corrected chi connectivity index (χ0v) is 20.0. The van der Waals surface area contributed by atoms with Crippen molar-refractivity contribution in [3.63, 3.8) is 0 Å². The highest BCUT2D eigenvalue weighted by Gasteiger charge is 2.39. The summed E-state index contributed by atoms with van der Waals surface area (Å²) in [4.78, 5) is 12.3. The Morgan fingerprint density at radius 1 is 1.33 bits per heavy atom. The summed E-state index contributed by atoms with van der Waals surface area (Å²) < 4.78 is 48.0. The molecule has 0 aliphatic carbocycles. The Morgan fingerprint density at radius 3 is 2.72 bits per heavy atom. The first kappa shape index (κ1) is 26.8. The first-order valence-electron chi connectivity index (χ1n) is 10.7. The quantitative estimate of drug-likeness (QED) is 0.197. The van der Waals surface area contributed by atoms with Crippen molar-refractivity contribution in [2.24, 2.45) is 15.8 Å². The molecule has 5 N–H and O–H groups in total. The number of allylic oxidation sites excluding steroid dienone is 1. The molecule has 3 heterocycles. The van der Waals surface area contributed by atoms with E-state index in [1.807, 2.05) is 0 Å². The Morgan fingerprint density at radius 2 is 2.11 bits per heavy atom. The van der Waals surface area contributed by atoms with Gasteiger partial charge in [0, 0.05) is 36.5 Å². The predicted molar refractivity (Wildman–Crippen MR) is 135 cm³/mol. The highest BCUT2D eigenvalue weighted by Crippen LogP contribution is 2.34. The van der Waals surface area contributed by atoms with Gasteiger partial charge >= 0.3 is 6.18 Å². The fraction of sp³-hybridized carbons (Fsp3) is 0.261. The average Bonchev–Trinajstić information content (AvgIpc) is 3.36. The molecule has 9 nitrogen and oxygen atoms in total. The summed E-state index contributed by atoms with van der Waals surface area (Å²) in [6.45, 7) is 5.90. The Kier molecular flexibility index (Phi) is 8.78. The van der Waals surface area contributed by atoms with Gasteiger partial charge in [-0.25, -0.2) is 9.98 Å². The summed E-state index contributed by atoms with van der Waals surface area (Å²) in [5.41, 5.74) is 7.63. The van der Waals surface area contributed by atoms with Crippen LogP contribution in [0.3, 0.4) is 0 Å². The molecule has 36 heavy (non-hydrogen) atoms. The number of aliphatic imine (C=N–C) groups is 1. The molecule has 0 amide bonds. The van der Waals surface area contributed by atoms with E-state index < -0.39 is 17.5 Å². The van der Waals surface area contributed by atoms with Crippen LogP contribution in [0, 0.1) is 12.3 Å². The molecule has 1 unspecified atom stereocenters. The van der Waals surface area contributed by atoms with Crippen molar-refractivity contribution in [2.75, 3.05) is 17.3 Å². The van der Waals surface area contributed by atoms with Gasteiger partial charge in [-0.3, -0.25) is 10.4 Å². The number of alkyl halides is 3. The third-order valence-corrected chi connectivity index (χ3v) is 5.35. The molecule has 1 aliphatic rings. The largest absolute Gasteiger partial charge is 0.434 e. The van der Waals surface area contributed by atoms with Gasteiger partial charge in [0.15, 0.2) is 11.5 Å². The second-order valence-electron chi connectivity index (χ2n) is 7.65. The van der Waals surface area contributed by atoms with Crippen LogP contribution in [-0.2, 0) is 4.74 Å². The molecule has 1 fully saturated rings. The van der Waals surface area contributed by atoms with E-state index in [2.05, 4.69) is 37.4 Å². The van der Waals surface area contributed by atoms with Gasteiger partial charge in [-0.05, 0) is 37.5 Å². The van der Waals surface area contributed by atoms with Crippen molar-refractivity contribution in [1.29, 1.82) is 5.41 Å². The monoisotopic (exact) mass is 520 g/mol. The lowest BCUT2D eigenvalue weighted by molar-refractivity contribution is -0.0581. The molecule has 13 heteroatoms. The minimum atomic E-state index is -4.84. The Hall–Kier alpha value is -3.77. The van der Waals surface area contributed by atoms with Gasteiger partial charge in [0.1, 0.15) is 0 Å². The molecule has 0 spiro atoms. The second-order valence-corrected chi connectivity index (χ2v) is 8.06. The van der Waals surface area contributed by atoms with Gasteiger partial charge in [0.25, 0.3) is 0 Å². The van der Waals surface area contributed by atoms with E-state index in [0.717, 1.165) is 25.3 Å². The molecular formula is C23H24ClF3N8O. The van der Waals surface area contributed by atoms with E-state index >= 15 is 0 Å². The number of hydrogen-bond donors (Lipinski definition) is 4. The van der Waals surface area contributed by atoms with Gasteiger partial charge in [-0.15, -0.1) is 0 Å². The van der Waals surface area contributed by atoms with Crippen molar-refractivity contribution in [3.8, 4) is 0 Å². The number of aromatic nitrogens is 2. The number of anilines is 2. The van der Waals surface area contributed by atoms with Crippen LogP contribution in [0.25, 0.3) is 0 Å². The Labute approximate surface area is 210 Å². The molecule has 0 saturated carbocycles. The van der Waals surface area contributed by atoms with Gasteiger partial charge < -0.3 is 21.2 Å². The maximum absolute atomic E-state index is 14.1.